The molecule has 0 N–H and O–H groups in total. The van der Waals surface area contributed by atoms with Gasteiger partial charge in [-0.15, -0.1) is 0 Å². The van der Waals surface area contributed by atoms with Gasteiger partial charge in [-0.2, -0.15) is 0 Å². The van der Waals surface area contributed by atoms with Crippen LogP contribution >= 0.6 is 0 Å². The van der Waals surface area contributed by atoms with E-state index in [2.05, 4.69) is 19.1 Å². The first-order valence-corrected chi connectivity index (χ1v) is 9.50. The van der Waals surface area contributed by atoms with Gasteiger partial charge in [-0.3, -0.25) is 4.79 Å². The predicted octanol–water partition coefficient (Wildman–Crippen LogP) is 4.25. The van der Waals surface area contributed by atoms with Crippen molar-refractivity contribution in [2.45, 2.75) is 58.4 Å². The number of esters is 1. The molecule has 0 atom stereocenters. The number of allylic oxidation sites excluding steroid dienone is 1. The van der Waals surface area contributed by atoms with Gasteiger partial charge in [0.1, 0.15) is 0 Å². The van der Waals surface area contributed by atoms with Crippen molar-refractivity contribution in [1.29, 1.82) is 0 Å². The highest BCUT2D eigenvalue weighted by atomic mass is 16.5. The van der Waals surface area contributed by atoms with Crippen molar-refractivity contribution in [3.8, 4) is 0 Å². The molecule has 0 bridgehead atoms. The molecule has 4 nitrogen and oxygen atoms in total. The first kappa shape index (κ1) is 18.4. The maximum Gasteiger partial charge on any atom is 0.340 e. The SMILES string of the molecule is CCc1ccc(C=C2C(=O)N(C3CCCCC3)C(C)=C2C(=O)OC)cc1. The van der Waals surface area contributed by atoms with Crippen LogP contribution in [0.5, 0.6) is 0 Å². The van der Waals surface area contributed by atoms with Crippen molar-refractivity contribution in [3.63, 3.8) is 0 Å². The molecule has 1 aromatic rings. The van der Waals surface area contributed by atoms with Crippen molar-refractivity contribution in [2.24, 2.45) is 0 Å². The number of benzene rings is 1. The van der Waals surface area contributed by atoms with Crippen LogP contribution in [0.4, 0.5) is 0 Å². The fourth-order valence-electron chi connectivity index (χ4n) is 3.99. The Balaban J connectivity index is 2.00. The van der Waals surface area contributed by atoms with E-state index in [9.17, 15) is 9.59 Å². The second-order valence-corrected chi connectivity index (χ2v) is 7.07. The minimum Gasteiger partial charge on any atom is -0.465 e. The van der Waals surface area contributed by atoms with Crippen molar-refractivity contribution >= 4 is 18.0 Å². The summed E-state index contributed by atoms with van der Waals surface area (Å²) in [6.45, 7) is 3.97. The van der Waals surface area contributed by atoms with E-state index in [1.807, 2.05) is 30.0 Å². The highest BCUT2D eigenvalue weighted by molar-refractivity contribution is 6.16. The van der Waals surface area contributed by atoms with Crippen molar-refractivity contribution in [3.05, 3.63) is 52.2 Å². The highest BCUT2D eigenvalue weighted by Crippen LogP contribution is 2.36. The van der Waals surface area contributed by atoms with Crippen LogP contribution in [0.2, 0.25) is 0 Å². The zero-order valence-corrected chi connectivity index (χ0v) is 15.9. The molecule has 1 aromatic carbocycles. The van der Waals surface area contributed by atoms with Crippen molar-refractivity contribution in [2.75, 3.05) is 7.11 Å². The summed E-state index contributed by atoms with van der Waals surface area (Å²) in [6, 6.07) is 8.28. The minimum absolute atomic E-state index is 0.0747. The number of carbonyl (C=O) groups is 2. The molecule has 26 heavy (non-hydrogen) atoms. The lowest BCUT2D eigenvalue weighted by molar-refractivity contribution is -0.136. The van der Waals surface area contributed by atoms with E-state index < -0.39 is 5.97 Å². The second-order valence-electron chi connectivity index (χ2n) is 7.07. The Morgan fingerprint density at radius 1 is 1.19 bits per heavy atom. The molecule has 1 amide bonds. The summed E-state index contributed by atoms with van der Waals surface area (Å²) in [6.07, 6.45) is 8.27. The summed E-state index contributed by atoms with van der Waals surface area (Å²) in [5.74, 6) is -0.514. The van der Waals surface area contributed by atoms with Crippen molar-refractivity contribution < 1.29 is 14.3 Å². The summed E-state index contributed by atoms with van der Waals surface area (Å²) >= 11 is 0. The van der Waals surface area contributed by atoms with Crippen molar-refractivity contribution in [1.82, 2.24) is 4.90 Å². The Morgan fingerprint density at radius 2 is 1.85 bits per heavy atom. The van der Waals surface area contributed by atoms with Gasteiger partial charge in [-0.1, -0.05) is 50.5 Å². The number of hydrogen-bond acceptors (Lipinski definition) is 3. The van der Waals surface area contributed by atoms with Gasteiger partial charge < -0.3 is 9.64 Å². The lowest BCUT2D eigenvalue weighted by Gasteiger charge is -2.32. The van der Waals surface area contributed by atoms with E-state index in [1.165, 1.54) is 19.1 Å². The molecule has 1 saturated carbocycles. The molecule has 1 heterocycles. The molecule has 0 saturated heterocycles. The van der Waals surface area contributed by atoms with Crippen LogP contribution in [0.3, 0.4) is 0 Å². The van der Waals surface area contributed by atoms with Crippen LogP contribution in [0, 0.1) is 0 Å². The first-order valence-electron chi connectivity index (χ1n) is 9.50. The van der Waals surface area contributed by atoms with E-state index in [1.54, 1.807) is 0 Å². The summed E-state index contributed by atoms with van der Waals surface area (Å²) < 4.78 is 4.98. The number of methoxy groups -OCH3 is 1. The van der Waals surface area contributed by atoms with Gasteiger partial charge in [-0.05, 0) is 43.4 Å². The molecule has 138 valence electrons. The number of amides is 1. The van der Waals surface area contributed by atoms with Gasteiger partial charge in [0.05, 0.1) is 18.3 Å². The third kappa shape index (κ3) is 3.46. The smallest absolute Gasteiger partial charge is 0.340 e. The molecule has 0 unspecified atom stereocenters. The van der Waals surface area contributed by atoms with Gasteiger partial charge >= 0.3 is 5.97 Å². The summed E-state index contributed by atoms with van der Waals surface area (Å²) in [5, 5.41) is 0. The quantitative estimate of drug-likeness (QED) is 0.600. The Morgan fingerprint density at radius 3 is 2.42 bits per heavy atom. The summed E-state index contributed by atoms with van der Waals surface area (Å²) in [4.78, 5) is 27.4. The molecule has 0 radical (unpaired) electrons. The molecule has 1 aliphatic heterocycles. The van der Waals surface area contributed by atoms with E-state index >= 15 is 0 Å². The fraction of sp³-hybridized carbons (Fsp3) is 0.455. The number of aryl methyl sites for hydroxylation is 1. The van der Waals surface area contributed by atoms with Gasteiger partial charge in [0.25, 0.3) is 5.91 Å². The Kier molecular flexibility index (Phi) is 5.60. The average Bonchev–Trinajstić information content (AvgIpc) is 2.92. The highest BCUT2D eigenvalue weighted by Gasteiger charge is 2.40. The summed E-state index contributed by atoms with van der Waals surface area (Å²) in [7, 11) is 1.37. The van der Waals surface area contributed by atoms with Crippen LogP contribution in [-0.2, 0) is 20.7 Å². The number of rotatable bonds is 4. The Labute approximate surface area is 155 Å². The predicted molar refractivity (Wildman–Crippen MR) is 102 cm³/mol. The molecule has 0 spiro atoms. The maximum atomic E-state index is 13.2. The van der Waals surface area contributed by atoms with E-state index in [4.69, 9.17) is 4.74 Å². The number of hydrogen-bond donors (Lipinski definition) is 0. The average molecular weight is 353 g/mol. The number of nitrogens with zero attached hydrogens (tertiary/aromatic N) is 1. The number of carbonyl (C=O) groups excluding carboxylic acids is 2. The fourth-order valence-corrected chi connectivity index (χ4v) is 3.99. The maximum absolute atomic E-state index is 13.2. The largest absolute Gasteiger partial charge is 0.465 e. The molecule has 1 aliphatic carbocycles. The molecule has 1 fully saturated rings. The number of ether oxygens (including phenoxy) is 1. The molecular weight excluding hydrogens is 326 g/mol. The normalized spacial score (nSPS) is 20.2. The van der Waals surface area contributed by atoms with Crippen LogP contribution in [0.15, 0.2) is 41.1 Å². The third-order valence-electron chi connectivity index (χ3n) is 5.47. The lowest BCUT2D eigenvalue weighted by atomic mass is 9.94. The molecule has 0 aromatic heterocycles. The Bertz CT molecular complexity index is 752. The van der Waals surface area contributed by atoms with Crippen LogP contribution in [-0.4, -0.2) is 29.9 Å². The van der Waals surface area contributed by atoms with Crippen LogP contribution in [0.1, 0.15) is 57.1 Å². The minimum atomic E-state index is -0.439. The zero-order valence-electron chi connectivity index (χ0n) is 15.9. The second kappa shape index (κ2) is 7.90. The van der Waals surface area contributed by atoms with Gasteiger partial charge in [-0.25, -0.2) is 4.79 Å². The molecular formula is C22H27NO3. The van der Waals surface area contributed by atoms with E-state index in [-0.39, 0.29) is 11.9 Å². The van der Waals surface area contributed by atoms with E-state index in [0.717, 1.165) is 43.4 Å². The van der Waals surface area contributed by atoms with Crippen LogP contribution in [0.25, 0.3) is 6.08 Å². The van der Waals surface area contributed by atoms with Crippen LogP contribution < -0.4 is 0 Å². The topological polar surface area (TPSA) is 46.6 Å². The van der Waals surface area contributed by atoms with Gasteiger partial charge in [0, 0.05) is 11.7 Å². The van der Waals surface area contributed by atoms with Gasteiger partial charge in [0.2, 0.25) is 0 Å². The molecule has 3 rings (SSSR count). The first-order chi connectivity index (χ1) is 12.6. The third-order valence-corrected chi connectivity index (χ3v) is 5.47. The Hall–Kier alpha value is -2.36. The molecule has 2 aliphatic rings. The summed E-state index contributed by atoms with van der Waals surface area (Å²) in [5.41, 5.74) is 3.75. The zero-order chi connectivity index (χ0) is 18.7. The van der Waals surface area contributed by atoms with E-state index in [0.29, 0.717) is 11.1 Å². The lowest BCUT2D eigenvalue weighted by Crippen LogP contribution is -2.37. The standard InChI is InChI=1S/C22H27NO3/c1-4-16-10-12-17(13-11-16)14-19-20(22(25)26-3)15(2)23(21(19)24)18-8-6-5-7-9-18/h10-14,18H,4-9H2,1-3H3. The molecule has 4 heteroatoms. The monoisotopic (exact) mass is 353 g/mol. The van der Waals surface area contributed by atoms with Gasteiger partial charge in [0.15, 0.2) is 0 Å².